The topological polar surface area (TPSA) is 85.4 Å². The van der Waals surface area contributed by atoms with Gasteiger partial charge in [-0.05, 0) is 46.2 Å². The van der Waals surface area contributed by atoms with Gasteiger partial charge in [0.05, 0.1) is 12.1 Å². The second-order valence-electron chi connectivity index (χ2n) is 6.66. The summed E-state index contributed by atoms with van der Waals surface area (Å²) in [6, 6.07) is -0.739. The minimum atomic E-state index is -0.549. The maximum Gasteiger partial charge on any atom is 0.344 e. The van der Waals surface area contributed by atoms with Crippen LogP contribution in [0.4, 0.5) is 4.79 Å². The number of carbonyl (C=O) groups excluding carboxylic acids is 2. The molecule has 2 bridgehead atoms. The van der Waals surface area contributed by atoms with Crippen LogP contribution >= 0.6 is 0 Å². The summed E-state index contributed by atoms with van der Waals surface area (Å²) in [7, 11) is 4.09. The Morgan fingerprint density at radius 1 is 1.32 bits per heavy atom. The number of nitrogens with one attached hydrogen (secondary N) is 1. The molecule has 1 aliphatic carbocycles. The molecule has 3 aliphatic rings. The van der Waals surface area contributed by atoms with Crippen molar-refractivity contribution in [3.63, 3.8) is 0 Å². The zero-order valence-electron chi connectivity index (χ0n) is 13.1. The first kappa shape index (κ1) is 15.5. The van der Waals surface area contributed by atoms with Gasteiger partial charge in [-0.15, -0.1) is 0 Å². The van der Waals surface area contributed by atoms with E-state index in [1.807, 2.05) is 14.1 Å². The lowest BCUT2D eigenvalue weighted by molar-refractivity contribution is -0.143. The van der Waals surface area contributed by atoms with Gasteiger partial charge in [0.2, 0.25) is 0 Å². The zero-order chi connectivity index (χ0) is 15.9. The smallest absolute Gasteiger partial charge is 0.309 e. The molecule has 3 amide bonds. The molecular weight excluding hydrogens is 288 g/mol. The van der Waals surface area contributed by atoms with E-state index < -0.39 is 12.1 Å². The number of hydrogen-bond acceptors (Lipinski definition) is 5. The van der Waals surface area contributed by atoms with Crippen LogP contribution in [0.1, 0.15) is 32.1 Å². The summed E-state index contributed by atoms with van der Waals surface area (Å²) in [4.78, 5) is 33.2. The van der Waals surface area contributed by atoms with E-state index in [1.54, 1.807) is 0 Å². The Morgan fingerprint density at radius 2 is 2.09 bits per heavy atom. The van der Waals surface area contributed by atoms with Crippen LogP contribution in [-0.4, -0.2) is 76.9 Å². The predicted molar refractivity (Wildman–Crippen MR) is 76.9 cm³/mol. The van der Waals surface area contributed by atoms with Crippen molar-refractivity contribution in [3.05, 3.63) is 0 Å². The molecule has 0 radical (unpaired) electrons. The highest BCUT2D eigenvalue weighted by atomic mass is 16.7. The number of hydroxylamine groups is 3. The molecule has 2 N–H and O–H groups in total. The van der Waals surface area contributed by atoms with Crippen molar-refractivity contribution in [1.29, 1.82) is 0 Å². The number of piperidine rings is 1. The lowest BCUT2D eigenvalue weighted by atomic mass is 10.0. The summed E-state index contributed by atoms with van der Waals surface area (Å²) in [5, 5.41) is 10.4. The van der Waals surface area contributed by atoms with Crippen molar-refractivity contribution in [2.45, 2.75) is 56.3 Å². The third-order valence-corrected chi connectivity index (χ3v) is 5.06. The molecule has 3 rings (SSSR count). The van der Waals surface area contributed by atoms with Crippen LogP contribution in [-0.2, 0) is 9.63 Å². The Kier molecular flexibility index (Phi) is 4.24. The Balaban J connectivity index is 1.50. The molecule has 1 saturated carbocycles. The van der Waals surface area contributed by atoms with Crippen molar-refractivity contribution in [2.24, 2.45) is 0 Å². The molecule has 22 heavy (non-hydrogen) atoms. The van der Waals surface area contributed by atoms with E-state index in [0.29, 0.717) is 25.4 Å². The van der Waals surface area contributed by atoms with Crippen molar-refractivity contribution >= 4 is 11.9 Å². The number of urea groups is 1. The fourth-order valence-electron chi connectivity index (χ4n) is 3.63. The molecule has 0 spiro atoms. The van der Waals surface area contributed by atoms with Gasteiger partial charge in [-0.3, -0.25) is 14.8 Å². The van der Waals surface area contributed by atoms with Gasteiger partial charge in [0.25, 0.3) is 5.91 Å². The monoisotopic (exact) mass is 312 g/mol. The van der Waals surface area contributed by atoms with Gasteiger partial charge < -0.3 is 9.80 Å². The average Bonchev–Trinajstić information content (AvgIpc) is 3.06. The van der Waals surface area contributed by atoms with Crippen LogP contribution in [0.15, 0.2) is 0 Å². The standard InChI is InChI=1S/C14H24N4O4/c1-16(2)9-3-5-11(7-9)22-15-13(19)12-6-4-10-8-17(12)14(20)18(10)21/h9-12,21H,3-8H2,1-2H3,(H,15,19)/t9?,10-,11?,12+/m1/s1. The fraction of sp³-hybridized carbons (Fsp3) is 0.857. The number of carbonyl (C=O) groups is 2. The molecule has 2 heterocycles. The van der Waals surface area contributed by atoms with Crippen molar-refractivity contribution in [3.8, 4) is 0 Å². The fourth-order valence-corrected chi connectivity index (χ4v) is 3.63. The molecule has 2 aliphatic heterocycles. The molecule has 0 aromatic heterocycles. The van der Waals surface area contributed by atoms with E-state index in [4.69, 9.17) is 4.84 Å². The SMILES string of the molecule is CN(C)C1CCC(ONC(=O)[C@@H]2CC[C@@H]3CN2C(=O)N3O)C1. The van der Waals surface area contributed by atoms with Gasteiger partial charge in [0.15, 0.2) is 0 Å². The number of nitrogens with zero attached hydrogens (tertiary/aromatic N) is 3. The van der Waals surface area contributed by atoms with E-state index in [-0.39, 0.29) is 18.1 Å². The van der Waals surface area contributed by atoms with E-state index in [0.717, 1.165) is 24.3 Å². The molecule has 4 atom stereocenters. The highest BCUT2D eigenvalue weighted by molar-refractivity contribution is 5.87. The summed E-state index contributed by atoms with van der Waals surface area (Å²) in [5.74, 6) is -0.296. The Labute approximate surface area is 129 Å². The number of amides is 3. The summed E-state index contributed by atoms with van der Waals surface area (Å²) < 4.78 is 0. The van der Waals surface area contributed by atoms with Crippen LogP contribution in [0.3, 0.4) is 0 Å². The lowest BCUT2D eigenvalue weighted by Gasteiger charge is -2.29. The quantitative estimate of drug-likeness (QED) is 0.571. The van der Waals surface area contributed by atoms with Crippen molar-refractivity contribution in [2.75, 3.05) is 20.6 Å². The molecule has 3 fully saturated rings. The summed E-state index contributed by atoms with van der Waals surface area (Å²) in [6.45, 7) is 0.402. The minimum absolute atomic E-state index is 0.0244. The van der Waals surface area contributed by atoms with Crippen molar-refractivity contribution in [1.82, 2.24) is 20.3 Å². The Hall–Kier alpha value is -1.38. The van der Waals surface area contributed by atoms with Crippen LogP contribution in [0, 0.1) is 0 Å². The molecule has 2 saturated heterocycles. The summed E-state index contributed by atoms with van der Waals surface area (Å²) >= 11 is 0. The number of hydrogen-bond donors (Lipinski definition) is 2. The number of fused-ring (bicyclic) bond motifs is 2. The largest absolute Gasteiger partial charge is 0.344 e. The van der Waals surface area contributed by atoms with Crippen LogP contribution < -0.4 is 5.48 Å². The molecule has 8 heteroatoms. The summed E-state index contributed by atoms with van der Waals surface area (Å²) in [5.41, 5.74) is 2.52. The van der Waals surface area contributed by atoms with Gasteiger partial charge in [-0.25, -0.2) is 15.3 Å². The molecule has 124 valence electrons. The normalized spacial score (nSPS) is 34.6. The van der Waals surface area contributed by atoms with Crippen LogP contribution in [0.25, 0.3) is 0 Å². The highest BCUT2D eigenvalue weighted by Crippen LogP contribution is 2.29. The van der Waals surface area contributed by atoms with E-state index >= 15 is 0 Å². The second kappa shape index (κ2) is 6.02. The zero-order valence-corrected chi connectivity index (χ0v) is 13.1. The predicted octanol–water partition coefficient (Wildman–Crippen LogP) is 0.175. The van der Waals surface area contributed by atoms with Gasteiger partial charge in [-0.1, -0.05) is 0 Å². The van der Waals surface area contributed by atoms with Crippen LogP contribution in [0.5, 0.6) is 0 Å². The van der Waals surface area contributed by atoms with Gasteiger partial charge in [0, 0.05) is 12.6 Å². The third-order valence-electron chi connectivity index (χ3n) is 5.06. The third kappa shape index (κ3) is 2.78. The van der Waals surface area contributed by atoms with E-state index in [9.17, 15) is 14.8 Å². The first-order valence-electron chi connectivity index (χ1n) is 7.88. The molecule has 0 aromatic carbocycles. The first-order chi connectivity index (χ1) is 10.5. The Bertz CT molecular complexity index is 458. The Morgan fingerprint density at radius 3 is 2.77 bits per heavy atom. The van der Waals surface area contributed by atoms with E-state index in [1.165, 1.54) is 4.90 Å². The van der Waals surface area contributed by atoms with Gasteiger partial charge in [-0.2, -0.15) is 0 Å². The highest BCUT2D eigenvalue weighted by Gasteiger charge is 2.47. The maximum atomic E-state index is 12.3. The second-order valence-corrected chi connectivity index (χ2v) is 6.66. The molecule has 0 aromatic rings. The van der Waals surface area contributed by atoms with Gasteiger partial charge >= 0.3 is 6.03 Å². The molecule has 8 nitrogen and oxygen atoms in total. The average molecular weight is 312 g/mol. The van der Waals surface area contributed by atoms with Crippen molar-refractivity contribution < 1.29 is 19.6 Å². The lowest BCUT2D eigenvalue weighted by Crippen LogP contribution is -2.50. The minimum Gasteiger partial charge on any atom is -0.309 e. The first-order valence-corrected chi connectivity index (χ1v) is 7.88. The molecule has 2 unspecified atom stereocenters. The van der Waals surface area contributed by atoms with Gasteiger partial charge in [0.1, 0.15) is 6.04 Å². The van der Waals surface area contributed by atoms with Crippen LogP contribution in [0.2, 0.25) is 0 Å². The number of rotatable bonds is 4. The maximum absolute atomic E-state index is 12.3. The summed E-state index contributed by atoms with van der Waals surface area (Å²) in [6.07, 6.45) is 4.08. The molecular formula is C14H24N4O4. The van der Waals surface area contributed by atoms with E-state index in [2.05, 4.69) is 10.4 Å².